The van der Waals surface area contributed by atoms with E-state index in [2.05, 4.69) is 4.98 Å². The van der Waals surface area contributed by atoms with E-state index in [4.69, 9.17) is 4.42 Å². The molecule has 0 radical (unpaired) electrons. The zero-order valence-corrected chi connectivity index (χ0v) is 19.1. The van der Waals surface area contributed by atoms with Crippen molar-refractivity contribution in [2.45, 2.75) is 39.5 Å². The lowest BCUT2D eigenvalue weighted by Gasteiger charge is -2.29. The highest BCUT2D eigenvalue weighted by molar-refractivity contribution is 5.95. The van der Waals surface area contributed by atoms with E-state index in [0.717, 1.165) is 17.8 Å². The molecule has 1 aliphatic rings. The maximum atomic E-state index is 13.6. The number of alkyl halides is 3. The van der Waals surface area contributed by atoms with Gasteiger partial charge in [-0.2, -0.15) is 13.2 Å². The number of imidazole rings is 1. The average Bonchev–Trinajstić information content (AvgIpc) is 3.40. The van der Waals surface area contributed by atoms with Gasteiger partial charge in [-0.1, -0.05) is 6.07 Å². The first-order valence-corrected chi connectivity index (χ1v) is 10.9. The number of hydrogen-bond donors (Lipinski definition) is 0. The van der Waals surface area contributed by atoms with Crippen LogP contribution in [0.4, 0.5) is 13.2 Å². The highest BCUT2D eigenvalue weighted by Gasteiger charge is 2.33. The molecule has 35 heavy (non-hydrogen) atoms. The van der Waals surface area contributed by atoms with Gasteiger partial charge in [0.15, 0.2) is 0 Å². The predicted octanol–water partition coefficient (Wildman–Crippen LogP) is 5.23. The average molecular weight is 482 g/mol. The number of halogens is 3. The number of aryl methyl sites for hydroxylation is 1. The molecule has 1 atom stereocenters. The molecular weight excluding hydrogens is 461 g/mol. The second-order valence-corrected chi connectivity index (χ2v) is 8.54. The second-order valence-electron chi connectivity index (χ2n) is 8.54. The molecule has 1 aromatic carbocycles. The Hall–Kier alpha value is -4.08. The number of rotatable bonds is 3. The van der Waals surface area contributed by atoms with Crippen LogP contribution in [0.1, 0.15) is 47.2 Å². The van der Waals surface area contributed by atoms with Crippen LogP contribution in [0.3, 0.4) is 0 Å². The normalized spacial score (nSPS) is 15.2. The minimum atomic E-state index is -4.49. The number of allylic oxidation sites excluding steroid dienone is 2. The van der Waals surface area contributed by atoms with Crippen molar-refractivity contribution >= 4 is 16.9 Å². The summed E-state index contributed by atoms with van der Waals surface area (Å²) in [6.45, 7) is 5.54. The van der Waals surface area contributed by atoms with Crippen molar-refractivity contribution in [2.75, 3.05) is 0 Å². The molecule has 1 unspecified atom stereocenters. The number of fused-ring (bicyclic) bond motifs is 2. The Morgan fingerprint density at radius 1 is 1.11 bits per heavy atom. The molecule has 0 bridgehead atoms. The molecule has 0 saturated heterocycles. The third kappa shape index (κ3) is 3.74. The Kier molecular flexibility index (Phi) is 5.19. The maximum Gasteiger partial charge on any atom is 0.416 e. The number of aromatic nitrogens is 3. The van der Waals surface area contributed by atoms with Gasteiger partial charge < -0.3 is 13.9 Å². The minimum absolute atomic E-state index is 0.0856. The smallest absolute Gasteiger partial charge is 0.416 e. The van der Waals surface area contributed by atoms with Crippen LogP contribution in [0.25, 0.3) is 16.7 Å². The van der Waals surface area contributed by atoms with Crippen molar-refractivity contribution in [2.24, 2.45) is 0 Å². The number of amides is 1. The van der Waals surface area contributed by atoms with Crippen LogP contribution in [0.2, 0.25) is 0 Å². The van der Waals surface area contributed by atoms with Crippen LogP contribution in [0, 0.1) is 6.92 Å². The van der Waals surface area contributed by atoms with Gasteiger partial charge in [-0.15, -0.1) is 0 Å². The molecule has 0 aliphatic carbocycles. The number of carbonyl (C=O) groups is 1. The summed E-state index contributed by atoms with van der Waals surface area (Å²) in [6.07, 6.45) is 1.93. The molecule has 5 rings (SSSR count). The number of hydrogen-bond acceptors (Lipinski definition) is 4. The van der Waals surface area contributed by atoms with Gasteiger partial charge in [0.1, 0.15) is 17.0 Å². The van der Waals surface area contributed by atoms with Gasteiger partial charge >= 0.3 is 6.18 Å². The molecule has 4 heterocycles. The molecule has 0 saturated carbocycles. The lowest BCUT2D eigenvalue weighted by Crippen LogP contribution is -2.35. The lowest BCUT2D eigenvalue weighted by atomic mass is 10.0. The van der Waals surface area contributed by atoms with Gasteiger partial charge in [0, 0.05) is 29.4 Å². The molecule has 0 fully saturated rings. The number of pyridine rings is 1. The lowest BCUT2D eigenvalue weighted by molar-refractivity contribution is -0.137. The summed E-state index contributed by atoms with van der Waals surface area (Å²) in [5, 5.41) is 0.485. The first kappa shape index (κ1) is 22.7. The largest absolute Gasteiger partial charge is 0.464 e. The highest BCUT2D eigenvalue weighted by Crippen LogP contribution is 2.37. The van der Waals surface area contributed by atoms with Crippen molar-refractivity contribution in [3.05, 3.63) is 93.8 Å². The van der Waals surface area contributed by atoms with Crippen molar-refractivity contribution in [1.82, 2.24) is 19.0 Å². The van der Waals surface area contributed by atoms with Gasteiger partial charge in [-0.25, -0.2) is 4.98 Å². The summed E-state index contributed by atoms with van der Waals surface area (Å²) in [5.74, 6) is -0.393. The third-order valence-electron chi connectivity index (χ3n) is 6.30. The summed E-state index contributed by atoms with van der Waals surface area (Å²) in [6, 6.07) is 5.93. The summed E-state index contributed by atoms with van der Waals surface area (Å²) in [4.78, 5) is 32.5. The van der Waals surface area contributed by atoms with Crippen molar-refractivity contribution in [3.63, 3.8) is 0 Å². The van der Waals surface area contributed by atoms with Crippen LogP contribution in [-0.2, 0) is 12.7 Å². The predicted molar refractivity (Wildman–Crippen MR) is 122 cm³/mol. The van der Waals surface area contributed by atoms with E-state index in [9.17, 15) is 22.8 Å². The summed E-state index contributed by atoms with van der Waals surface area (Å²) in [5.41, 5.74) is 1.47. The van der Waals surface area contributed by atoms with E-state index in [0.29, 0.717) is 22.3 Å². The van der Waals surface area contributed by atoms with Crippen molar-refractivity contribution in [3.8, 4) is 5.69 Å². The molecule has 0 N–H and O–H groups in total. The van der Waals surface area contributed by atoms with Crippen molar-refractivity contribution < 1.29 is 22.4 Å². The Morgan fingerprint density at radius 2 is 1.89 bits per heavy atom. The van der Waals surface area contributed by atoms with Crippen molar-refractivity contribution in [1.29, 1.82) is 0 Å². The number of carbonyl (C=O) groups excluding carboxylic acids is 1. The fraction of sp³-hybridized carbons (Fsp3) is 0.240. The fourth-order valence-electron chi connectivity index (χ4n) is 4.46. The van der Waals surface area contributed by atoms with Gasteiger partial charge in [-0.3, -0.25) is 14.2 Å². The monoisotopic (exact) mass is 482 g/mol. The van der Waals surface area contributed by atoms with Crippen LogP contribution >= 0.6 is 0 Å². The first-order valence-electron chi connectivity index (χ1n) is 10.9. The Morgan fingerprint density at radius 3 is 2.57 bits per heavy atom. The van der Waals surface area contributed by atoms with Gasteiger partial charge in [0.05, 0.1) is 29.9 Å². The molecule has 4 aromatic rings. The van der Waals surface area contributed by atoms with Crippen LogP contribution in [0.15, 0.2) is 70.1 Å². The van der Waals surface area contributed by atoms with E-state index < -0.39 is 23.7 Å². The Labute approximate surface area is 197 Å². The summed E-state index contributed by atoms with van der Waals surface area (Å²) >= 11 is 0. The molecule has 1 amide bonds. The summed E-state index contributed by atoms with van der Waals surface area (Å²) in [7, 11) is 0. The van der Waals surface area contributed by atoms with E-state index in [1.807, 2.05) is 6.92 Å². The molecule has 10 heteroatoms. The van der Waals surface area contributed by atoms with Gasteiger partial charge in [-0.05, 0) is 51.1 Å². The van der Waals surface area contributed by atoms with Crippen LogP contribution in [-0.4, -0.2) is 24.9 Å². The zero-order valence-electron chi connectivity index (χ0n) is 19.1. The molecule has 0 spiro atoms. The van der Waals surface area contributed by atoms with E-state index in [-0.39, 0.29) is 23.4 Å². The number of furan rings is 1. The number of benzene rings is 1. The quantitative estimate of drug-likeness (QED) is 0.401. The fourth-order valence-corrected chi connectivity index (χ4v) is 4.46. The minimum Gasteiger partial charge on any atom is -0.464 e. The van der Waals surface area contributed by atoms with E-state index in [1.165, 1.54) is 21.8 Å². The molecule has 3 aromatic heterocycles. The van der Waals surface area contributed by atoms with E-state index >= 15 is 0 Å². The zero-order chi connectivity index (χ0) is 25.1. The van der Waals surface area contributed by atoms with Gasteiger partial charge in [0.25, 0.3) is 11.5 Å². The maximum absolute atomic E-state index is 13.6. The van der Waals surface area contributed by atoms with Crippen LogP contribution < -0.4 is 5.56 Å². The molecule has 180 valence electrons. The Bertz CT molecular complexity index is 1560. The first-order chi connectivity index (χ1) is 16.6. The topological polar surface area (TPSA) is 73.3 Å². The highest BCUT2D eigenvalue weighted by atomic mass is 19.4. The summed E-state index contributed by atoms with van der Waals surface area (Å²) < 4.78 is 47.7. The van der Waals surface area contributed by atoms with Crippen LogP contribution in [0.5, 0.6) is 0 Å². The molecule has 7 nitrogen and oxygen atoms in total. The Balaban J connectivity index is 1.55. The van der Waals surface area contributed by atoms with E-state index in [1.54, 1.807) is 49.1 Å². The number of nitrogens with zero attached hydrogens (tertiary/aromatic N) is 4. The third-order valence-corrected chi connectivity index (χ3v) is 6.30. The second kappa shape index (κ2) is 8.00. The van der Waals surface area contributed by atoms with Gasteiger partial charge in [0.2, 0.25) is 0 Å². The standard InChI is InChI=1S/C25H21F3N4O3/c1-14-11-30(13-29-14)20-6-7-21-24(34)32(15(2)8-9-31(21)23(20)33)16(3)19-12-35-22-10-17(25(26,27)28)4-5-18(19)22/h4-8,10-13,16H,9H2,1-3H3. The molecule has 1 aliphatic heterocycles. The SMILES string of the molecule is CC1=CCn2c(ccc(-n3cnc(C)c3)c2=O)C(=O)N1C(C)c1coc2cc(C(F)(F)F)ccc12. The molecular formula is C25H21F3N4O3.